The second-order valence-electron chi connectivity index (χ2n) is 5.45. The lowest BCUT2D eigenvalue weighted by Gasteiger charge is -2.20. The third kappa shape index (κ3) is 3.19. The van der Waals surface area contributed by atoms with Gasteiger partial charge in [0.25, 0.3) is 0 Å². The van der Waals surface area contributed by atoms with E-state index in [9.17, 15) is 24.9 Å². The molecule has 0 saturated heterocycles. The molecule has 0 aliphatic carbocycles. The summed E-state index contributed by atoms with van der Waals surface area (Å²) in [5.41, 5.74) is -0.417. The summed E-state index contributed by atoms with van der Waals surface area (Å²) in [6.45, 7) is 3.53. The molecule has 1 aromatic carbocycles. The van der Waals surface area contributed by atoms with Crippen LogP contribution < -0.4 is 0 Å². The number of carboxylic acid groups (broad SMARTS) is 2. The predicted molar refractivity (Wildman–Crippen MR) is 91.9 cm³/mol. The fourth-order valence-corrected chi connectivity index (χ4v) is 3.66. The summed E-state index contributed by atoms with van der Waals surface area (Å²) in [5.74, 6) is -2.81. The maximum atomic E-state index is 11.7. The fourth-order valence-electron chi connectivity index (χ4n) is 2.57. The lowest BCUT2D eigenvalue weighted by Crippen LogP contribution is -2.15. The predicted octanol–water partition coefficient (Wildman–Crippen LogP) is 3.96. The standard InChI is InChI=1S/C16H15BrClNO5/c1-7(2)19-12(13(20)8-3-5-9(18)6-4-8)10(15(21)22)11(14(19)17)16(23)24/h3-7,13,20H,1-2H3,(H,21,22)(H,23,24). The van der Waals surface area contributed by atoms with Crippen LogP contribution in [0.3, 0.4) is 0 Å². The van der Waals surface area contributed by atoms with Crippen molar-refractivity contribution in [3.05, 3.63) is 56.3 Å². The van der Waals surface area contributed by atoms with E-state index in [1.54, 1.807) is 38.1 Å². The van der Waals surface area contributed by atoms with E-state index in [0.29, 0.717) is 10.6 Å². The van der Waals surface area contributed by atoms with E-state index >= 15 is 0 Å². The number of benzene rings is 1. The number of hydrogen-bond acceptors (Lipinski definition) is 3. The van der Waals surface area contributed by atoms with E-state index in [1.807, 2.05) is 0 Å². The summed E-state index contributed by atoms with van der Waals surface area (Å²) in [7, 11) is 0. The lowest BCUT2D eigenvalue weighted by atomic mass is 10.0. The molecule has 2 rings (SSSR count). The first-order valence-corrected chi connectivity index (χ1v) is 8.17. The van der Waals surface area contributed by atoms with E-state index in [1.165, 1.54) is 4.57 Å². The van der Waals surface area contributed by atoms with E-state index in [-0.39, 0.29) is 21.9 Å². The molecule has 0 amide bonds. The van der Waals surface area contributed by atoms with Gasteiger partial charge in [-0.25, -0.2) is 9.59 Å². The Morgan fingerprint density at radius 1 is 1.08 bits per heavy atom. The van der Waals surface area contributed by atoms with E-state index in [0.717, 1.165) is 0 Å². The van der Waals surface area contributed by atoms with Gasteiger partial charge in [0.1, 0.15) is 16.3 Å². The lowest BCUT2D eigenvalue weighted by molar-refractivity contribution is 0.0648. The van der Waals surface area contributed by atoms with Crippen LogP contribution in [0.2, 0.25) is 5.02 Å². The minimum Gasteiger partial charge on any atom is -0.478 e. The Balaban J connectivity index is 2.79. The molecule has 3 N–H and O–H groups in total. The van der Waals surface area contributed by atoms with Crippen molar-refractivity contribution >= 4 is 39.5 Å². The Labute approximate surface area is 151 Å². The number of nitrogens with zero attached hydrogens (tertiary/aromatic N) is 1. The van der Waals surface area contributed by atoms with E-state index in [4.69, 9.17) is 11.6 Å². The molecule has 0 spiro atoms. The van der Waals surface area contributed by atoms with Crippen molar-refractivity contribution in [2.45, 2.75) is 26.0 Å². The SMILES string of the molecule is CC(C)n1c(Br)c(C(=O)O)c(C(=O)O)c1C(O)c1ccc(Cl)cc1. The summed E-state index contributed by atoms with van der Waals surface area (Å²) in [6, 6.07) is 5.98. The van der Waals surface area contributed by atoms with Crippen LogP contribution in [0, 0.1) is 0 Å². The van der Waals surface area contributed by atoms with Crippen LogP contribution in [-0.2, 0) is 0 Å². The van der Waals surface area contributed by atoms with Gasteiger partial charge < -0.3 is 19.9 Å². The van der Waals surface area contributed by atoms with Crippen LogP contribution >= 0.6 is 27.5 Å². The molecule has 24 heavy (non-hydrogen) atoms. The number of hydrogen-bond donors (Lipinski definition) is 3. The van der Waals surface area contributed by atoms with Gasteiger partial charge >= 0.3 is 11.9 Å². The number of rotatable bonds is 5. The van der Waals surface area contributed by atoms with Gasteiger partial charge in [-0.2, -0.15) is 0 Å². The molecule has 2 aromatic rings. The smallest absolute Gasteiger partial charge is 0.339 e. The first-order chi connectivity index (χ1) is 11.2. The van der Waals surface area contributed by atoms with Gasteiger partial charge in [0, 0.05) is 11.1 Å². The number of halogens is 2. The third-order valence-electron chi connectivity index (χ3n) is 3.57. The highest BCUT2D eigenvalue weighted by molar-refractivity contribution is 9.10. The van der Waals surface area contributed by atoms with Gasteiger partial charge in [0.05, 0.1) is 11.3 Å². The summed E-state index contributed by atoms with van der Waals surface area (Å²) < 4.78 is 1.57. The van der Waals surface area contributed by atoms with Crippen molar-refractivity contribution in [3.63, 3.8) is 0 Å². The molecule has 128 valence electrons. The average Bonchev–Trinajstić information content (AvgIpc) is 2.81. The van der Waals surface area contributed by atoms with Gasteiger partial charge in [0.2, 0.25) is 0 Å². The first-order valence-electron chi connectivity index (χ1n) is 7.00. The minimum absolute atomic E-state index is 0.00379. The van der Waals surface area contributed by atoms with Crippen LogP contribution in [0.15, 0.2) is 28.9 Å². The average molecular weight is 417 g/mol. The molecule has 6 nitrogen and oxygen atoms in total. The Bertz CT molecular complexity index is 798. The molecule has 0 aliphatic heterocycles. The van der Waals surface area contributed by atoms with Crippen molar-refractivity contribution in [2.75, 3.05) is 0 Å². The highest BCUT2D eigenvalue weighted by Crippen LogP contribution is 2.37. The van der Waals surface area contributed by atoms with Crippen LogP contribution in [0.4, 0.5) is 0 Å². The molecule has 0 saturated carbocycles. The highest BCUT2D eigenvalue weighted by atomic mass is 79.9. The summed E-state index contributed by atoms with van der Waals surface area (Å²) in [5, 5.41) is 30.1. The van der Waals surface area contributed by atoms with Gasteiger partial charge in [-0.05, 0) is 47.5 Å². The molecule has 1 atom stereocenters. The van der Waals surface area contributed by atoms with Gasteiger partial charge in [0.15, 0.2) is 0 Å². The Morgan fingerprint density at radius 2 is 1.58 bits per heavy atom. The minimum atomic E-state index is -1.42. The van der Waals surface area contributed by atoms with Crippen LogP contribution in [0.5, 0.6) is 0 Å². The maximum absolute atomic E-state index is 11.7. The van der Waals surface area contributed by atoms with Crippen molar-refractivity contribution in [1.82, 2.24) is 4.57 Å². The van der Waals surface area contributed by atoms with Crippen LogP contribution in [-0.4, -0.2) is 31.8 Å². The Kier molecular flexibility index (Phi) is 5.37. The number of aliphatic hydroxyl groups excluding tert-OH is 1. The number of carbonyl (C=O) groups is 2. The zero-order valence-corrected chi connectivity index (χ0v) is 15.2. The summed E-state index contributed by atoms with van der Waals surface area (Å²) >= 11 is 8.99. The number of aliphatic hydroxyl groups is 1. The molecule has 0 fully saturated rings. The number of aromatic carboxylic acids is 2. The second kappa shape index (κ2) is 6.96. The molecule has 0 radical (unpaired) electrons. The molecule has 0 aliphatic rings. The maximum Gasteiger partial charge on any atom is 0.339 e. The monoisotopic (exact) mass is 415 g/mol. The Hall–Kier alpha value is -1.83. The third-order valence-corrected chi connectivity index (χ3v) is 4.60. The van der Waals surface area contributed by atoms with Gasteiger partial charge in [-0.3, -0.25) is 0 Å². The van der Waals surface area contributed by atoms with Crippen molar-refractivity contribution in [2.24, 2.45) is 0 Å². The van der Waals surface area contributed by atoms with Crippen LogP contribution in [0.1, 0.15) is 58.0 Å². The topological polar surface area (TPSA) is 99.8 Å². The quantitative estimate of drug-likeness (QED) is 0.685. The number of aromatic nitrogens is 1. The van der Waals surface area contributed by atoms with Crippen molar-refractivity contribution < 1.29 is 24.9 Å². The molecule has 1 heterocycles. The van der Waals surface area contributed by atoms with E-state index < -0.39 is 23.6 Å². The molecular weight excluding hydrogens is 402 g/mol. The van der Waals surface area contributed by atoms with Crippen LogP contribution in [0.25, 0.3) is 0 Å². The number of carboxylic acids is 2. The summed E-state index contributed by atoms with van der Waals surface area (Å²) in [4.78, 5) is 23.2. The molecular formula is C16H15BrClNO5. The van der Waals surface area contributed by atoms with Crippen molar-refractivity contribution in [1.29, 1.82) is 0 Å². The summed E-state index contributed by atoms with van der Waals surface area (Å²) in [6.07, 6.45) is -1.32. The molecule has 8 heteroatoms. The van der Waals surface area contributed by atoms with Crippen molar-refractivity contribution in [3.8, 4) is 0 Å². The first kappa shape index (κ1) is 18.5. The largest absolute Gasteiger partial charge is 0.478 e. The Morgan fingerprint density at radius 3 is 2.00 bits per heavy atom. The molecule has 0 bridgehead atoms. The fraction of sp³-hybridized carbons (Fsp3) is 0.250. The van der Waals surface area contributed by atoms with E-state index in [2.05, 4.69) is 15.9 Å². The normalized spacial score (nSPS) is 12.4. The molecule has 1 aromatic heterocycles. The van der Waals surface area contributed by atoms with Gasteiger partial charge in [-0.1, -0.05) is 23.7 Å². The van der Waals surface area contributed by atoms with Gasteiger partial charge in [-0.15, -0.1) is 0 Å². The molecule has 1 unspecified atom stereocenters. The zero-order valence-electron chi connectivity index (χ0n) is 12.8. The highest BCUT2D eigenvalue weighted by Gasteiger charge is 2.34. The zero-order chi connectivity index (χ0) is 18.2. The second-order valence-corrected chi connectivity index (χ2v) is 6.64.